The van der Waals surface area contributed by atoms with Gasteiger partial charge >= 0.3 is 5.91 Å². The van der Waals surface area contributed by atoms with E-state index in [0.717, 1.165) is 16.5 Å². The zero-order valence-corrected chi connectivity index (χ0v) is 19.5. The first-order valence-corrected chi connectivity index (χ1v) is 11.6. The van der Waals surface area contributed by atoms with E-state index in [1.165, 1.54) is 40.6 Å². The number of nitrogens with zero attached hydrogens (tertiary/aromatic N) is 3. The number of benzene rings is 4. The molecule has 180 valence electrons. The first kappa shape index (κ1) is 22.2. The van der Waals surface area contributed by atoms with Crippen molar-refractivity contribution < 1.29 is 14.1 Å². The van der Waals surface area contributed by atoms with Gasteiger partial charge in [-0.2, -0.15) is 5.10 Å². The Morgan fingerprint density at radius 3 is 2.62 bits per heavy atom. The van der Waals surface area contributed by atoms with Crippen LogP contribution in [0.25, 0.3) is 32.6 Å². The molecule has 0 saturated carbocycles. The van der Waals surface area contributed by atoms with Gasteiger partial charge < -0.3 is 8.98 Å². The highest BCUT2D eigenvalue weighted by molar-refractivity contribution is 6.01. The molecule has 0 bridgehead atoms. The number of nitro benzene ring substituents is 1. The van der Waals surface area contributed by atoms with Crippen LogP contribution in [-0.4, -0.2) is 21.6 Å². The van der Waals surface area contributed by atoms with Crippen molar-refractivity contribution in [1.82, 2.24) is 9.99 Å². The predicted molar refractivity (Wildman–Crippen MR) is 143 cm³/mol. The highest BCUT2D eigenvalue weighted by atomic mass is 16.6. The summed E-state index contributed by atoms with van der Waals surface area (Å²) in [4.78, 5) is 23.1. The third-order valence-corrected chi connectivity index (χ3v) is 6.29. The second-order valence-electron chi connectivity index (χ2n) is 8.70. The van der Waals surface area contributed by atoms with E-state index >= 15 is 0 Å². The van der Waals surface area contributed by atoms with Crippen molar-refractivity contribution >= 4 is 50.5 Å². The summed E-state index contributed by atoms with van der Waals surface area (Å²) < 4.78 is 7.69. The Labute approximate surface area is 210 Å². The van der Waals surface area contributed by atoms with E-state index in [0.29, 0.717) is 17.5 Å². The van der Waals surface area contributed by atoms with Crippen LogP contribution in [0.4, 0.5) is 5.69 Å². The molecule has 6 rings (SSSR count). The van der Waals surface area contributed by atoms with Gasteiger partial charge in [0.05, 0.1) is 11.1 Å². The van der Waals surface area contributed by atoms with E-state index in [1.807, 2.05) is 36.5 Å². The van der Waals surface area contributed by atoms with Gasteiger partial charge in [0.1, 0.15) is 5.58 Å². The maximum Gasteiger partial charge on any atom is 0.307 e. The second kappa shape index (κ2) is 9.09. The quantitative estimate of drug-likeness (QED) is 0.170. The molecule has 0 unspecified atom stereocenters. The fraction of sp³-hybridized carbons (Fsp3) is 0.0345. The number of carbonyl (C=O) groups excluding carboxylic acids is 1. The van der Waals surface area contributed by atoms with Crippen molar-refractivity contribution in [3.8, 4) is 0 Å². The summed E-state index contributed by atoms with van der Waals surface area (Å²) in [7, 11) is 0. The number of carbonyl (C=O) groups is 1. The van der Waals surface area contributed by atoms with E-state index < -0.39 is 10.8 Å². The Bertz CT molecular complexity index is 1850. The molecule has 0 spiro atoms. The van der Waals surface area contributed by atoms with Gasteiger partial charge in [-0.15, -0.1) is 0 Å². The number of nitrogens with one attached hydrogen (secondary N) is 1. The Morgan fingerprint density at radius 2 is 1.76 bits per heavy atom. The lowest BCUT2D eigenvalue weighted by Gasteiger charge is -2.07. The van der Waals surface area contributed by atoms with E-state index in [-0.39, 0.29) is 11.4 Å². The number of rotatable bonds is 6. The van der Waals surface area contributed by atoms with Crippen LogP contribution >= 0.6 is 0 Å². The van der Waals surface area contributed by atoms with Gasteiger partial charge in [0, 0.05) is 46.7 Å². The number of non-ortho nitro benzene ring substituents is 1. The topological polar surface area (TPSA) is 103 Å². The number of furan rings is 1. The zero-order valence-electron chi connectivity index (χ0n) is 19.5. The number of amides is 1. The van der Waals surface area contributed by atoms with Crippen molar-refractivity contribution in [2.75, 3.05) is 0 Å². The monoisotopic (exact) mass is 488 g/mol. The van der Waals surface area contributed by atoms with Gasteiger partial charge in [0.25, 0.3) is 5.69 Å². The molecule has 0 aliphatic heterocycles. The highest BCUT2D eigenvalue weighted by Crippen LogP contribution is 2.25. The SMILES string of the molecule is O=C(N/N=C\c1cn(Cc2ccc3ccccc3c2)c2ccccc12)c1cc2cc([N+](=O)[O-])ccc2o1. The van der Waals surface area contributed by atoms with Crippen LogP contribution in [0.2, 0.25) is 0 Å². The Hall–Kier alpha value is -5.24. The molecule has 37 heavy (non-hydrogen) atoms. The fourth-order valence-electron chi connectivity index (χ4n) is 4.51. The molecule has 2 heterocycles. The van der Waals surface area contributed by atoms with Crippen molar-refractivity contribution in [1.29, 1.82) is 0 Å². The summed E-state index contributed by atoms with van der Waals surface area (Å²) in [6, 6.07) is 28.4. The van der Waals surface area contributed by atoms with Gasteiger partial charge in [0.15, 0.2) is 5.76 Å². The first-order valence-electron chi connectivity index (χ1n) is 11.6. The Kier molecular flexibility index (Phi) is 5.46. The summed E-state index contributed by atoms with van der Waals surface area (Å²) in [5.41, 5.74) is 5.90. The van der Waals surface area contributed by atoms with E-state index in [9.17, 15) is 14.9 Å². The van der Waals surface area contributed by atoms with Gasteiger partial charge in [-0.1, -0.05) is 54.6 Å². The van der Waals surface area contributed by atoms with Crippen LogP contribution in [0.3, 0.4) is 0 Å². The molecule has 6 aromatic rings. The average Bonchev–Trinajstić information content (AvgIpc) is 3.50. The van der Waals surface area contributed by atoms with Crippen LogP contribution in [0.1, 0.15) is 21.7 Å². The molecule has 1 N–H and O–H groups in total. The second-order valence-corrected chi connectivity index (χ2v) is 8.70. The highest BCUT2D eigenvalue weighted by Gasteiger charge is 2.15. The lowest BCUT2D eigenvalue weighted by atomic mass is 10.1. The largest absolute Gasteiger partial charge is 0.451 e. The standard InChI is InChI=1S/C29H20N4O4/c34-29(28-15-22-14-24(33(35)36)11-12-27(22)37-28)31-30-16-23-18-32(26-8-4-3-7-25(23)26)17-19-9-10-20-5-1-2-6-21(20)13-19/h1-16,18H,17H2,(H,31,34)/b30-16-. The maximum absolute atomic E-state index is 12.6. The molecule has 0 radical (unpaired) electrons. The van der Waals surface area contributed by atoms with Gasteiger partial charge in [-0.05, 0) is 40.6 Å². The third-order valence-electron chi connectivity index (χ3n) is 6.29. The van der Waals surface area contributed by atoms with Crippen molar-refractivity contribution in [2.24, 2.45) is 5.10 Å². The smallest absolute Gasteiger partial charge is 0.307 e. The number of hydrazone groups is 1. The number of nitro groups is 1. The van der Waals surface area contributed by atoms with Crippen LogP contribution in [0.15, 0.2) is 107 Å². The maximum atomic E-state index is 12.6. The van der Waals surface area contributed by atoms with Crippen molar-refractivity contribution in [2.45, 2.75) is 6.54 Å². The molecule has 0 fully saturated rings. The number of hydrogen-bond donors (Lipinski definition) is 1. The minimum atomic E-state index is -0.546. The van der Waals surface area contributed by atoms with Crippen LogP contribution in [0, 0.1) is 10.1 Å². The molecule has 2 aromatic heterocycles. The number of fused-ring (bicyclic) bond motifs is 3. The summed E-state index contributed by atoms with van der Waals surface area (Å²) >= 11 is 0. The normalized spacial score (nSPS) is 11.6. The minimum Gasteiger partial charge on any atom is -0.451 e. The van der Waals surface area contributed by atoms with E-state index in [1.54, 1.807) is 6.21 Å². The molecule has 4 aromatic carbocycles. The molecule has 0 atom stereocenters. The summed E-state index contributed by atoms with van der Waals surface area (Å²) in [5, 5.41) is 19.0. The molecule has 0 saturated heterocycles. The van der Waals surface area contributed by atoms with Crippen LogP contribution < -0.4 is 5.43 Å². The van der Waals surface area contributed by atoms with Gasteiger partial charge in [-0.25, -0.2) is 5.43 Å². The zero-order chi connectivity index (χ0) is 25.4. The predicted octanol–water partition coefficient (Wildman–Crippen LogP) is 6.26. The van der Waals surface area contributed by atoms with Crippen molar-refractivity contribution in [3.63, 3.8) is 0 Å². The molecule has 0 aliphatic rings. The average molecular weight is 489 g/mol. The third kappa shape index (κ3) is 4.32. The molecule has 8 heteroatoms. The lowest BCUT2D eigenvalue weighted by Crippen LogP contribution is -2.16. The van der Waals surface area contributed by atoms with E-state index in [2.05, 4.69) is 51.5 Å². The molecule has 8 nitrogen and oxygen atoms in total. The van der Waals surface area contributed by atoms with Gasteiger partial charge in [-0.3, -0.25) is 14.9 Å². The van der Waals surface area contributed by atoms with Crippen LogP contribution in [-0.2, 0) is 6.54 Å². The molecular weight excluding hydrogens is 468 g/mol. The summed E-state index contributed by atoms with van der Waals surface area (Å²) in [6.07, 6.45) is 3.61. The fourth-order valence-corrected chi connectivity index (χ4v) is 4.51. The van der Waals surface area contributed by atoms with E-state index in [4.69, 9.17) is 4.42 Å². The Balaban J connectivity index is 1.23. The number of aromatic nitrogens is 1. The first-order chi connectivity index (χ1) is 18.0. The molecule has 1 amide bonds. The Morgan fingerprint density at radius 1 is 0.946 bits per heavy atom. The number of hydrogen-bond acceptors (Lipinski definition) is 5. The minimum absolute atomic E-state index is 0.0198. The summed E-state index contributed by atoms with van der Waals surface area (Å²) in [6.45, 7) is 0.691. The lowest BCUT2D eigenvalue weighted by molar-refractivity contribution is -0.384. The van der Waals surface area contributed by atoms with Gasteiger partial charge in [0.2, 0.25) is 0 Å². The molecule has 0 aliphatic carbocycles. The number of para-hydroxylation sites is 1. The molecular formula is C29H20N4O4. The summed E-state index contributed by atoms with van der Waals surface area (Å²) in [5.74, 6) is -0.526. The van der Waals surface area contributed by atoms with Crippen LogP contribution in [0.5, 0.6) is 0 Å². The van der Waals surface area contributed by atoms with Crippen molar-refractivity contribution in [3.05, 3.63) is 124 Å².